The van der Waals surface area contributed by atoms with Crippen molar-refractivity contribution in [2.24, 2.45) is 0 Å². The molecule has 1 atom stereocenters. The van der Waals surface area contributed by atoms with E-state index in [1.807, 2.05) is 44.7 Å². The van der Waals surface area contributed by atoms with Gasteiger partial charge in [0, 0.05) is 38.4 Å². The summed E-state index contributed by atoms with van der Waals surface area (Å²) in [5.41, 5.74) is 2.22. The molecule has 4 rings (SSSR count). The van der Waals surface area contributed by atoms with Crippen molar-refractivity contribution in [3.05, 3.63) is 54.4 Å². The number of nitrogens with zero attached hydrogens (tertiary/aromatic N) is 5. The summed E-state index contributed by atoms with van der Waals surface area (Å²) < 4.78 is 0. The maximum absolute atomic E-state index is 4.88. The summed E-state index contributed by atoms with van der Waals surface area (Å²) in [5.74, 6) is 1.77. The van der Waals surface area contributed by atoms with E-state index in [4.69, 9.17) is 9.97 Å². The Labute approximate surface area is 142 Å². The largest absolute Gasteiger partial charge is 0.362 e. The van der Waals surface area contributed by atoms with Crippen LogP contribution in [-0.2, 0) is 0 Å². The zero-order valence-corrected chi connectivity index (χ0v) is 14.1. The first-order valence-corrected chi connectivity index (χ1v) is 8.35. The smallest absolute Gasteiger partial charge is 0.228 e. The van der Waals surface area contributed by atoms with Gasteiger partial charge in [-0.1, -0.05) is 18.2 Å². The summed E-state index contributed by atoms with van der Waals surface area (Å²) >= 11 is 0. The second kappa shape index (κ2) is 6.07. The average Bonchev–Trinajstić information content (AvgIpc) is 3.11. The zero-order valence-electron chi connectivity index (χ0n) is 14.1. The first kappa shape index (κ1) is 14.9. The Bertz CT molecular complexity index is 847. The second-order valence-electron chi connectivity index (χ2n) is 6.40. The standard InChI is InChI=1S/C19H21N5/c1-23(2)18-15-8-3-4-9-16(15)21-19(22-18)24-12-6-10-17(24)14-7-5-11-20-13-14/h3-5,7-9,11,13,17H,6,10,12H2,1-2H3. The highest BCUT2D eigenvalue weighted by Gasteiger charge is 2.29. The van der Waals surface area contributed by atoms with Gasteiger partial charge in [0.05, 0.1) is 11.6 Å². The predicted molar refractivity (Wildman–Crippen MR) is 97.4 cm³/mol. The lowest BCUT2D eigenvalue weighted by Crippen LogP contribution is -2.25. The average molecular weight is 319 g/mol. The van der Waals surface area contributed by atoms with Crippen LogP contribution in [0.2, 0.25) is 0 Å². The number of anilines is 2. The van der Waals surface area contributed by atoms with Gasteiger partial charge in [-0.15, -0.1) is 0 Å². The van der Waals surface area contributed by atoms with Gasteiger partial charge in [0.15, 0.2) is 0 Å². The van der Waals surface area contributed by atoms with Gasteiger partial charge in [-0.05, 0) is 36.6 Å². The van der Waals surface area contributed by atoms with E-state index in [0.717, 1.165) is 42.1 Å². The zero-order chi connectivity index (χ0) is 16.5. The van der Waals surface area contributed by atoms with Crippen LogP contribution in [0.4, 0.5) is 11.8 Å². The molecule has 1 unspecified atom stereocenters. The van der Waals surface area contributed by atoms with Crippen LogP contribution >= 0.6 is 0 Å². The highest BCUT2D eigenvalue weighted by atomic mass is 15.3. The van der Waals surface area contributed by atoms with Gasteiger partial charge < -0.3 is 9.80 Å². The van der Waals surface area contributed by atoms with E-state index in [0.29, 0.717) is 6.04 Å². The summed E-state index contributed by atoms with van der Waals surface area (Å²) in [5, 5.41) is 1.09. The van der Waals surface area contributed by atoms with Crippen molar-refractivity contribution >= 4 is 22.7 Å². The summed E-state index contributed by atoms with van der Waals surface area (Å²) in [7, 11) is 4.06. The number of fused-ring (bicyclic) bond motifs is 1. The van der Waals surface area contributed by atoms with Gasteiger partial charge in [-0.25, -0.2) is 4.98 Å². The highest BCUT2D eigenvalue weighted by molar-refractivity contribution is 5.90. The number of hydrogen-bond acceptors (Lipinski definition) is 5. The molecular formula is C19H21N5. The van der Waals surface area contributed by atoms with Crippen LogP contribution in [-0.4, -0.2) is 35.6 Å². The highest BCUT2D eigenvalue weighted by Crippen LogP contribution is 2.36. The first-order valence-electron chi connectivity index (χ1n) is 8.35. The normalized spacial score (nSPS) is 17.4. The van der Waals surface area contributed by atoms with Crippen molar-refractivity contribution in [2.45, 2.75) is 18.9 Å². The first-order chi connectivity index (χ1) is 11.7. The molecule has 3 aromatic rings. The number of rotatable bonds is 3. The van der Waals surface area contributed by atoms with Gasteiger partial charge in [0.25, 0.3) is 0 Å². The lowest BCUT2D eigenvalue weighted by molar-refractivity contribution is 0.700. The molecule has 0 radical (unpaired) electrons. The van der Waals surface area contributed by atoms with Crippen molar-refractivity contribution in [1.29, 1.82) is 0 Å². The Morgan fingerprint density at radius 1 is 1.08 bits per heavy atom. The fraction of sp³-hybridized carbons (Fsp3) is 0.316. The molecule has 2 aromatic heterocycles. The molecule has 1 aliphatic heterocycles. The van der Waals surface area contributed by atoms with Crippen LogP contribution in [0.5, 0.6) is 0 Å². The van der Waals surface area contributed by atoms with Crippen molar-refractivity contribution in [3.8, 4) is 0 Å². The second-order valence-corrected chi connectivity index (χ2v) is 6.40. The third kappa shape index (κ3) is 2.56. The molecule has 0 N–H and O–H groups in total. The minimum absolute atomic E-state index is 0.301. The van der Waals surface area contributed by atoms with Gasteiger partial charge in [0.2, 0.25) is 5.95 Å². The minimum Gasteiger partial charge on any atom is -0.362 e. The third-order valence-corrected chi connectivity index (χ3v) is 4.57. The quantitative estimate of drug-likeness (QED) is 0.740. The van der Waals surface area contributed by atoms with Crippen molar-refractivity contribution in [3.63, 3.8) is 0 Å². The molecule has 0 saturated carbocycles. The van der Waals surface area contributed by atoms with Crippen molar-refractivity contribution in [1.82, 2.24) is 15.0 Å². The van der Waals surface area contributed by atoms with Crippen LogP contribution in [0.3, 0.4) is 0 Å². The molecular weight excluding hydrogens is 298 g/mol. The summed E-state index contributed by atoms with van der Waals surface area (Å²) in [6, 6.07) is 12.6. The molecule has 0 bridgehead atoms. The van der Waals surface area contributed by atoms with E-state index in [1.54, 1.807) is 0 Å². The van der Waals surface area contributed by atoms with Crippen LogP contribution < -0.4 is 9.80 Å². The molecule has 1 aliphatic rings. The predicted octanol–water partition coefficient (Wildman–Crippen LogP) is 3.43. The lowest BCUT2D eigenvalue weighted by Gasteiger charge is -2.26. The monoisotopic (exact) mass is 319 g/mol. The number of hydrogen-bond donors (Lipinski definition) is 0. The minimum atomic E-state index is 0.301. The number of benzene rings is 1. The van der Waals surface area contributed by atoms with E-state index in [-0.39, 0.29) is 0 Å². The summed E-state index contributed by atoms with van der Waals surface area (Å²) in [4.78, 5) is 18.4. The molecule has 1 saturated heterocycles. The van der Waals surface area contributed by atoms with E-state index in [1.165, 1.54) is 5.56 Å². The molecule has 0 spiro atoms. The molecule has 24 heavy (non-hydrogen) atoms. The molecule has 5 heteroatoms. The van der Waals surface area contributed by atoms with E-state index in [2.05, 4.69) is 33.0 Å². The Morgan fingerprint density at radius 2 is 1.96 bits per heavy atom. The van der Waals surface area contributed by atoms with E-state index in [9.17, 15) is 0 Å². The Hall–Kier alpha value is -2.69. The van der Waals surface area contributed by atoms with Crippen LogP contribution in [0.1, 0.15) is 24.4 Å². The maximum atomic E-state index is 4.88. The molecule has 0 aliphatic carbocycles. The Balaban J connectivity index is 1.81. The number of para-hydroxylation sites is 1. The maximum Gasteiger partial charge on any atom is 0.228 e. The van der Waals surface area contributed by atoms with Crippen molar-refractivity contribution < 1.29 is 0 Å². The van der Waals surface area contributed by atoms with Gasteiger partial charge in [0.1, 0.15) is 5.82 Å². The lowest BCUT2D eigenvalue weighted by atomic mass is 10.1. The Morgan fingerprint density at radius 3 is 2.75 bits per heavy atom. The van der Waals surface area contributed by atoms with Crippen LogP contribution in [0.15, 0.2) is 48.8 Å². The Kier molecular flexibility index (Phi) is 3.76. The van der Waals surface area contributed by atoms with Crippen molar-refractivity contribution in [2.75, 3.05) is 30.4 Å². The van der Waals surface area contributed by atoms with Gasteiger partial charge in [-0.2, -0.15) is 4.98 Å². The fourth-order valence-electron chi connectivity index (χ4n) is 3.44. The van der Waals surface area contributed by atoms with E-state index < -0.39 is 0 Å². The SMILES string of the molecule is CN(C)c1nc(N2CCCC2c2cccnc2)nc2ccccc12. The summed E-state index contributed by atoms with van der Waals surface area (Å²) in [6.07, 6.45) is 6.03. The fourth-order valence-corrected chi connectivity index (χ4v) is 3.44. The molecule has 3 heterocycles. The van der Waals surface area contributed by atoms with Gasteiger partial charge >= 0.3 is 0 Å². The van der Waals surface area contributed by atoms with Crippen LogP contribution in [0, 0.1) is 0 Å². The molecule has 5 nitrogen and oxygen atoms in total. The van der Waals surface area contributed by atoms with Gasteiger partial charge in [-0.3, -0.25) is 4.98 Å². The summed E-state index contributed by atoms with van der Waals surface area (Å²) in [6.45, 7) is 0.977. The molecule has 1 fully saturated rings. The van der Waals surface area contributed by atoms with E-state index >= 15 is 0 Å². The topological polar surface area (TPSA) is 45.2 Å². The van der Waals surface area contributed by atoms with Crippen LogP contribution in [0.25, 0.3) is 10.9 Å². The third-order valence-electron chi connectivity index (χ3n) is 4.57. The number of pyridine rings is 1. The molecule has 1 aromatic carbocycles. The molecule has 0 amide bonds. The molecule has 122 valence electrons. The number of aromatic nitrogens is 3.